The van der Waals surface area contributed by atoms with E-state index in [1.54, 1.807) is 17.6 Å². The second kappa shape index (κ2) is 8.60. The first-order valence-electron chi connectivity index (χ1n) is 8.66. The Kier molecular flexibility index (Phi) is 5.98. The first-order valence-corrected chi connectivity index (χ1v) is 9.60. The van der Waals surface area contributed by atoms with E-state index in [0.717, 1.165) is 0 Å². The lowest BCUT2D eigenvalue weighted by molar-refractivity contribution is -0.133. The number of nitrogens with one attached hydrogen (secondary N) is 1. The van der Waals surface area contributed by atoms with E-state index in [0.29, 0.717) is 43.3 Å². The molecule has 27 heavy (non-hydrogen) atoms. The smallest absolute Gasteiger partial charge is 0.252 e. The number of amides is 2. The molecule has 0 bridgehead atoms. The molecule has 0 unspecified atom stereocenters. The Morgan fingerprint density at radius 3 is 2.89 bits per heavy atom. The Balaban J connectivity index is 1.51. The van der Waals surface area contributed by atoms with Gasteiger partial charge in [-0.25, -0.2) is 9.97 Å². The molecule has 1 N–H and O–H groups in total. The second-order valence-electron chi connectivity index (χ2n) is 6.24. The number of piperazine rings is 1. The summed E-state index contributed by atoms with van der Waals surface area (Å²) in [5.41, 5.74) is 0.910. The number of hydrogen-bond acceptors (Lipinski definition) is 7. The first kappa shape index (κ1) is 18.8. The van der Waals surface area contributed by atoms with Gasteiger partial charge >= 0.3 is 0 Å². The Bertz CT molecular complexity index is 848. The van der Waals surface area contributed by atoms with Crippen molar-refractivity contribution < 1.29 is 9.59 Å². The van der Waals surface area contributed by atoms with Crippen LogP contribution < -0.4 is 10.2 Å². The first-order chi connectivity index (χ1) is 13.1. The molecule has 0 aliphatic carbocycles. The third-order valence-corrected chi connectivity index (χ3v) is 5.12. The largest absolute Gasteiger partial charge is 0.351 e. The summed E-state index contributed by atoms with van der Waals surface area (Å²) in [4.78, 5) is 36.5. The van der Waals surface area contributed by atoms with Crippen LogP contribution in [0, 0.1) is 11.3 Å². The van der Waals surface area contributed by atoms with E-state index < -0.39 is 0 Å². The SMILES string of the molecule is C[C@H]1CN(c2nccnc2C#N)CCN1C(=O)CCNC(=O)c1ccsc1. The van der Waals surface area contributed by atoms with Crippen LogP contribution in [0.25, 0.3) is 0 Å². The van der Waals surface area contributed by atoms with Crippen molar-refractivity contribution in [2.24, 2.45) is 0 Å². The van der Waals surface area contributed by atoms with Crippen LogP contribution in [-0.2, 0) is 4.79 Å². The molecule has 1 saturated heterocycles. The minimum Gasteiger partial charge on any atom is -0.351 e. The molecule has 2 aromatic heterocycles. The molecule has 2 aromatic rings. The van der Waals surface area contributed by atoms with Gasteiger partial charge in [-0.15, -0.1) is 0 Å². The zero-order valence-electron chi connectivity index (χ0n) is 15.0. The van der Waals surface area contributed by atoms with E-state index in [1.807, 2.05) is 22.1 Å². The van der Waals surface area contributed by atoms with E-state index in [4.69, 9.17) is 0 Å². The molecule has 8 nitrogen and oxygen atoms in total. The van der Waals surface area contributed by atoms with Crippen LogP contribution in [0.2, 0.25) is 0 Å². The maximum atomic E-state index is 12.5. The minimum atomic E-state index is -0.159. The van der Waals surface area contributed by atoms with E-state index in [-0.39, 0.29) is 24.3 Å². The van der Waals surface area contributed by atoms with Crippen LogP contribution in [0.1, 0.15) is 29.4 Å². The Morgan fingerprint density at radius 2 is 2.19 bits per heavy atom. The molecule has 1 aliphatic heterocycles. The molecule has 0 radical (unpaired) electrons. The summed E-state index contributed by atoms with van der Waals surface area (Å²) >= 11 is 1.46. The van der Waals surface area contributed by atoms with E-state index in [2.05, 4.69) is 21.4 Å². The van der Waals surface area contributed by atoms with Gasteiger partial charge in [-0.3, -0.25) is 9.59 Å². The van der Waals surface area contributed by atoms with Crippen LogP contribution in [0.15, 0.2) is 29.2 Å². The molecule has 1 atom stereocenters. The van der Waals surface area contributed by atoms with Crippen molar-refractivity contribution in [1.82, 2.24) is 20.2 Å². The van der Waals surface area contributed by atoms with Crippen LogP contribution >= 0.6 is 11.3 Å². The number of carbonyl (C=O) groups excluding carboxylic acids is 2. The summed E-state index contributed by atoms with van der Waals surface area (Å²) in [6.07, 6.45) is 3.32. The van der Waals surface area contributed by atoms with Gasteiger partial charge in [0, 0.05) is 62.0 Å². The fourth-order valence-electron chi connectivity index (χ4n) is 3.08. The summed E-state index contributed by atoms with van der Waals surface area (Å²) in [5, 5.41) is 15.6. The van der Waals surface area contributed by atoms with Crippen LogP contribution in [0.4, 0.5) is 5.82 Å². The number of nitrogens with zero attached hydrogens (tertiary/aromatic N) is 5. The third kappa shape index (κ3) is 4.41. The van der Waals surface area contributed by atoms with Crippen LogP contribution in [0.3, 0.4) is 0 Å². The molecule has 140 valence electrons. The maximum absolute atomic E-state index is 12.5. The van der Waals surface area contributed by atoms with Gasteiger partial charge in [0.2, 0.25) is 5.91 Å². The predicted molar refractivity (Wildman–Crippen MR) is 101 cm³/mol. The highest BCUT2D eigenvalue weighted by Crippen LogP contribution is 2.19. The zero-order valence-corrected chi connectivity index (χ0v) is 15.8. The lowest BCUT2D eigenvalue weighted by Crippen LogP contribution is -2.54. The van der Waals surface area contributed by atoms with Gasteiger partial charge in [0.15, 0.2) is 11.5 Å². The molecule has 2 amide bonds. The topological polar surface area (TPSA) is 102 Å². The summed E-state index contributed by atoms with van der Waals surface area (Å²) in [7, 11) is 0. The highest BCUT2D eigenvalue weighted by atomic mass is 32.1. The predicted octanol–water partition coefficient (Wildman–Crippen LogP) is 1.27. The van der Waals surface area contributed by atoms with E-state index in [1.165, 1.54) is 17.5 Å². The van der Waals surface area contributed by atoms with Gasteiger partial charge in [0.05, 0.1) is 0 Å². The van der Waals surface area contributed by atoms with Gasteiger partial charge in [-0.1, -0.05) is 0 Å². The number of thiophene rings is 1. The molecule has 1 fully saturated rings. The molecule has 0 saturated carbocycles. The van der Waals surface area contributed by atoms with Gasteiger partial charge in [-0.05, 0) is 18.4 Å². The quantitative estimate of drug-likeness (QED) is 0.833. The summed E-state index contributed by atoms with van der Waals surface area (Å²) in [6, 6.07) is 3.79. The van der Waals surface area contributed by atoms with Crippen molar-refractivity contribution in [2.75, 3.05) is 31.1 Å². The van der Waals surface area contributed by atoms with Crippen molar-refractivity contribution in [1.29, 1.82) is 5.26 Å². The standard InChI is InChI=1S/C18H20N6O2S/c1-13-11-23(17-15(10-19)20-5-6-21-17)7-8-24(13)16(25)2-4-22-18(26)14-3-9-27-12-14/h3,5-6,9,12-13H,2,4,7-8,11H2,1H3,(H,22,26)/t13-/m0/s1. The average Bonchev–Trinajstić information content (AvgIpc) is 3.22. The van der Waals surface area contributed by atoms with Gasteiger partial charge in [0.1, 0.15) is 6.07 Å². The number of anilines is 1. The number of nitriles is 1. The molecule has 0 aromatic carbocycles. The van der Waals surface area contributed by atoms with Gasteiger partial charge in [0.25, 0.3) is 5.91 Å². The molecule has 3 rings (SSSR count). The number of carbonyl (C=O) groups is 2. The zero-order chi connectivity index (χ0) is 19.2. The summed E-state index contributed by atoms with van der Waals surface area (Å²) < 4.78 is 0. The normalized spacial score (nSPS) is 16.7. The maximum Gasteiger partial charge on any atom is 0.252 e. The van der Waals surface area contributed by atoms with Crippen molar-refractivity contribution in [3.63, 3.8) is 0 Å². The number of rotatable bonds is 5. The fourth-order valence-corrected chi connectivity index (χ4v) is 3.72. The van der Waals surface area contributed by atoms with Crippen molar-refractivity contribution in [2.45, 2.75) is 19.4 Å². The number of hydrogen-bond donors (Lipinski definition) is 1. The lowest BCUT2D eigenvalue weighted by Gasteiger charge is -2.40. The highest BCUT2D eigenvalue weighted by molar-refractivity contribution is 7.08. The highest BCUT2D eigenvalue weighted by Gasteiger charge is 2.29. The Hall–Kier alpha value is -2.99. The lowest BCUT2D eigenvalue weighted by atomic mass is 10.1. The monoisotopic (exact) mass is 384 g/mol. The van der Waals surface area contributed by atoms with Crippen molar-refractivity contribution in [3.05, 3.63) is 40.5 Å². The second-order valence-corrected chi connectivity index (χ2v) is 7.02. The fraction of sp³-hybridized carbons (Fsp3) is 0.389. The van der Waals surface area contributed by atoms with E-state index in [9.17, 15) is 14.9 Å². The Morgan fingerprint density at radius 1 is 1.37 bits per heavy atom. The number of aromatic nitrogens is 2. The van der Waals surface area contributed by atoms with Gasteiger partial charge in [-0.2, -0.15) is 16.6 Å². The van der Waals surface area contributed by atoms with Crippen molar-refractivity contribution in [3.8, 4) is 6.07 Å². The molecular formula is C18H20N6O2S. The summed E-state index contributed by atoms with van der Waals surface area (Å²) in [5.74, 6) is 0.406. The average molecular weight is 384 g/mol. The molecule has 3 heterocycles. The van der Waals surface area contributed by atoms with Crippen LogP contribution in [-0.4, -0.2) is 58.9 Å². The molecule has 1 aliphatic rings. The Labute approximate surface area is 161 Å². The van der Waals surface area contributed by atoms with E-state index >= 15 is 0 Å². The van der Waals surface area contributed by atoms with Crippen molar-refractivity contribution >= 4 is 29.0 Å². The minimum absolute atomic E-state index is 0.00687. The third-order valence-electron chi connectivity index (χ3n) is 4.44. The molecule has 9 heteroatoms. The van der Waals surface area contributed by atoms with Gasteiger partial charge < -0.3 is 15.1 Å². The van der Waals surface area contributed by atoms with Crippen LogP contribution in [0.5, 0.6) is 0 Å². The summed E-state index contributed by atoms with van der Waals surface area (Å²) in [6.45, 7) is 3.99. The molecule has 0 spiro atoms. The molecular weight excluding hydrogens is 364 g/mol.